The minimum absolute atomic E-state index is 0.255. The van der Waals surface area contributed by atoms with Crippen LogP contribution in [0.5, 0.6) is 0 Å². The van der Waals surface area contributed by atoms with Crippen LogP contribution in [0.25, 0.3) is 0 Å². The van der Waals surface area contributed by atoms with Crippen LogP contribution in [0.4, 0.5) is 0 Å². The summed E-state index contributed by atoms with van der Waals surface area (Å²) >= 11 is 0. The maximum absolute atomic E-state index is 10.2. The molecule has 2 atom stereocenters. The molecule has 0 heterocycles. The second-order valence-electron chi connectivity index (χ2n) is 3.89. The van der Waals surface area contributed by atoms with Crippen molar-refractivity contribution in [2.75, 3.05) is 0 Å². The number of aliphatic hydroxyl groups is 1. The lowest BCUT2D eigenvalue weighted by Gasteiger charge is -2.28. The lowest BCUT2D eigenvalue weighted by molar-refractivity contribution is 0.0398. The Balaban J connectivity index is 4.20. The summed E-state index contributed by atoms with van der Waals surface area (Å²) in [7, 11) is 0. The van der Waals surface area contributed by atoms with Gasteiger partial charge in [-0.1, -0.05) is 32.9 Å². The van der Waals surface area contributed by atoms with Crippen LogP contribution < -0.4 is 0 Å². The van der Waals surface area contributed by atoms with Crippen molar-refractivity contribution in [1.82, 2.24) is 0 Å². The van der Waals surface area contributed by atoms with Gasteiger partial charge in [-0.05, 0) is 11.8 Å². The summed E-state index contributed by atoms with van der Waals surface area (Å²) in [5, 5.41) is 12.4. The SMILES string of the molecule is CCC(N=O)C(O)C(C)(C)C. The van der Waals surface area contributed by atoms with E-state index in [9.17, 15) is 10.0 Å². The lowest BCUT2D eigenvalue weighted by atomic mass is 9.84. The minimum atomic E-state index is -0.634. The van der Waals surface area contributed by atoms with E-state index in [4.69, 9.17) is 0 Å². The highest BCUT2D eigenvalue weighted by molar-refractivity contribution is 4.83. The third kappa shape index (κ3) is 2.97. The van der Waals surface area contributed by atoms with Gasteiger partial charge >= 0.3 is 0 Å². The van der Waals surface area contributed by atoms with Gasteiger partial charge in [0.25, 0.3) is 0 Å². The van der Waals surface area contributed by atoms with Gasteiger partial charge in [0.05, 0.1) is 6.10 Å². The largest absolute Gasteiger partial charge is 0.390 e. The van der Waals surface area contributed by atoms with Crippen molar-refractivity contribution in [3.05, 3.63) is 4.91 Å². The highest BCUT2D eigenvalue weighted by Crippen LogP contribution is 2.24. The van der Waals surface area contributed by atoms with Gasteiger partial charge in [-0.25, -0.2) is 0 Å². The van der Waals surface area contributed by atoms with Gasteiger partial charge in [0.2, 0.25) is 0 Å². The van der Waals surface area contributed by atoms with Gasteiger partial charge in [-0.2, -0.15) is 4.91 Å². The van der Waals surface area contributed by atoms with Crippen LogP contribution in [0.2, 0.25) is 0 Å². The van der Waals surface area contributed by atoms with E-state index in [1.807, 2.05) is 27.7 Å². The number of rotatable bonds is 3. The first kappa shape index (κ1) is 10.6. The van der Waals surface area contributed by atoms with E-state index in [1.54, 1.807) is 0 Å². The molecule has 66 valence electrons. The van der Waals surface area contributed by atoms with Crippen molar-refractivity contribution in [3.8, 4) is 0 Å². The summed E-state index contributed by atoms with van der Waals surface area (Å²) in [6.45, 7) is 7.53. The summed E-state index contributed by atoms with van der Waals surface area (Å²) in [5.74, 6) is 0. The lowest BCUT2D eigenvalue weighted by Crippen LogP contribution is -2.35. The van der Waals surface area contributed by atoms with Crippen LogP contribution >= 0.6 is 0 Å². The zero-order chi connectivity index (χ0) is 9.07. The Morgan fingerprint density at radius 3 is 2.00 bits per heavy atom. The van der Waals surface area contributed by atoms with Crippen LogP contribution in [0.1, 0.15) is 34.1 Å². The van der Waals surface area contributed by atoms with E-state index in [1.165, 1.54) is 0 Å². The van der Waals surface area contributed by atoms with Gasteiger partial charge in [0, 0.05) is 0 Å². The molecular weight excluding hydrogens is 142 g/mol. The van der Waals surface area contributed by atoms with Crippen molar-refractivity contribution in [2.24, 2.45) is 10.6 Å². The molecule has 2 unspecified atom stereocenters. The van der Waals surface area contributed by atoms with Gasteiger partial charge in [0.15, 0.2) is 0 Å². The Morgan fingerprint density at radius 2 is 1.91 bits per heavy atom. The Labute approximate surface area is 67.8 Å². The molecule has 0 spiro atoms. The molecule has 0 amide bonds. The first-order valence-electron chi connectivity index (χ1n) is 3.94. The van der Waals surface area contributed by atoms with Gasteiger partial charge in [0.1, 0.15) is 6.04 Å². The van der Waals surface area contributed by atoms with Crippen molar-refractivity contribution in [2.45, 2.75) is 46.3 Å². The maximum Gasteiger partial charge on any atom is 0.118 e. The van der Waals surface area contributed by atoms with Crippen molar-refractivity contribution >= 4 is 0 Å². The van der Waals surface area contributed by atoms with Crippen LogP contribution in [-0.4, -0.2) is 17.3 Å². The van der Waals surface area contributed by atoms with Gasteiger partial charge in [-0.3, -0.25) is 0 Å². The molecule has 0 saturated carbocycles. The molecule has 3 heteroatoms. The van der Waals surface area contributed by atoms with E-state index >= 15 is 0 Å². The monoisotopic (exact) mass is 159 g/mol. The molecule has 0 aromatic heterocycles. The van der Waals surface area contributed by atoms with E-state index in [2.05, 4.69) is 5.18 Å². The fraction of sp³-hybridized carbons (Fsp3) is 1.00. The van der Waals surface area contributed by atoms with Crippen molar-refractivity contribution < 1.29 is 5.11 Å². The number of nitroso groups, excluding NO2 is 1. The number of hydrogen-bond donors (Lipinski definition) is 1. The van der Waals surface area contributed by atoms with Crippen LogP contribution in [0.3, 0.4) is 0 Å². The van der Waals surface area contributed by atoms with Crippen molar-refractivity contribution in [1.29, 1.82) is 0 Å². The smallest absolute Gasteiger partial charge is 0.118 e. The molecule has 0 aromatic carbocycles. The minimum Gasteiger partial charge on any atom is -0.390 e. The average molecular weight is 159 g/mol. The second-order valence-corrected chi connectivity index (χ2v) is 3.89. The zero-order valence-electron chi connectivity index (χ0n) is 7.66. The fourth-order valence-electron chi connectivity index (χ4n) is 0.933. The molecule has 1 N–H and O–H groups in total. The maximum atomic E-state index is 10.2. The van der Waals surface area contributed by atoms with Gasteiger partial charge < -0.3 is 5.11 Å². The molecule has 0 aliphatic heterocycles. The summed E-state index contributed by atoms with van der Waals surface area (Å²) < 4.78 is 0. The van der Waals surface area contributed by atoms with Crippen LogP contribution in [0.15, 0.2) is 5.18 Å². The average Bonchev–Trinajstić information content (AvgIpc) is 1.88. The van der Waals surface area contributed by atoms with Crippen molar-refractivity contribution in [3.63, 3.8) is 0 Å². The van der Waals surface area contributed by atoms with Gasteiger partial charge in [-0.15, -0.1) is 0 Å². The molecule has 0 aliphatic carbocycles. The normalized spacial score (nSPS) is 17.5. The van der Waals surface area contributed by atoms with E-state index < -0.39 is 12.1 Å². The Morgan fingerprint density at radius 1 is 1.45 bits per heavy atom. The number of aliphatic hydroxyl groups excluding tert-OH is 1. The molecule has 0 radical (unpaired) electrons. The van der Waals surface area contributed by atoms with Crippen LogP contribution in [0, 0.1) is 10.3 Å². The summed E-state index contributed by atoms with van der Waals surface area (Å²) in [6, 6.07) is -0.463. The predicted octanol–water partition coefficient (Wildman–Crippen LogP) is 1.94. The quantitative estimate of drug-likeness (QED) is 0.640. The molecule has 11 heavy (non-hydrogen) atoms. The van der Waals surface area contributed by atoms with E-state index in [-0.39, 0.29) is 5.41 Å². The first-order valence-corrected chi connectivity index (χ1v) is 3.94. The Bertz CT molecular complexity index is 129. The highest BCUT2D eigenvalue weighted by Gasteiger charge is 2.29. The van der Waals surface area contributed by atoms with E-state index in [0.717, 1.165) is 0 Å². The molecule has 3 nitrogen and oxygen atoms in total. The molecule has 0 aromatic rings. The second kappa shape index (κ2) is 3.81. The molecule has 0 aliphatic rings. The first-order chi connectivity index (χ1) is 4.93. The Hall–Kier alpha value is -0.440. The molecule has 0 saturated heterocycles. The molecular formula is C8H17NO2. The predicted molar refractivity (Wildman–Crippen MR) is 45.3 cm³/mol. The topological polar surface area (TPSA) is 49.7 Å². The highest BCUT2D eigenvalue weighted by atomic mass is 16.3. The number of nitrogens with zero attached hydrogens (tertiary/aromatic N) is 1. The molecule has 0 fully saturated rings. The Kier molecular flexibility index (Phi) is 3.66. The molecule has 0 rings (SSSR count). The third-order valence-electron chi connectivity index (χ3n) is 1.81. The zero-order valence-corrected chi connectivity index (χ0v) is 7.66. The summed E-state index contributed by atoms with van der Waals surface area (Å²) in [6.07, 6.45) is -0.0351. The standard InChI is InChI=1S/C8H17NO2/c1-5-6(9-11)7(10)8(2,3)4/h6-7,10H,5H2,1-4H3. The summed E-state index contributed by atoms with van der Waals surface area (Å²) in [5.41, 5.74) is -0.255. The summed E-state index contributed by atoms with van der Waals surface area (Å²) in [4.78, 5) is 10.2. The van der Waals surface area contributed by atoms with E-state index in [0.29, 0.717) is 6.42 Å². The molecule has 0 bridgehead atoms. The number of hydrogen-bond acceptors (Lipinski definition) is 3. The fourth-order valence-corrected chi connectivity index (χ4v) is 0.933. The van der Waals surface area contributed by atoms with Crippen LogP contribution in [-0.2, 0) is 0 Å². The third-order valence-corrected chi connectivity index (χ3v) is 1.81.